The molecule has 0 radical (unpaired) electrons. The van der Waals surface area contributed by atoms with Gasteiger partial charge in [-0.25, -0.2) is 0 Å². The van der Waals surface area contributed by atoms with Crippen molar-refractivity contribution in [2.45, 2.75) is 56.7 Å². The van der Waals surface area contributed by atoms with Gasteiger partial charge in [-0.15, -0.1) is 0 Å². The molecule has 0 saturated carbocycles. The molecule has 0 aromatic heterocycles. The Bertz CT molecular complexity index is 1940. The van der Waals surface area contributed by atoms with Crippen LogP contribution < -0.4 is 18.9 Å². The van der Waals surface area contributed by atoms with E-state index in [0.29, 0.717) is 6.42 Å². The van der Waals surface area contributed by atoms with Gasteiger partial charge in [0.05, 0.1) is 21.3 Å². The summed E-state index contributed by atoms with van der Waals surface area (Å²) in [5, 5.41) is 15.1. The number of hydrogen-bond acceptors (Lipinski definition) is 5. The average Bonchev–Trinajstić information content (AvgIpc) is 3.12. The second-order valence-corrected chi connectivity index (χ2v) is 13.2. The highest BCUT2D eigenvalue weighted by molar-refractivity contribution is 6.07. The van der Waals surface area contributed by atoms with Gasteiger partial charge in [-0.2, -0.15) is 0 Å². The third-order valence-corrected chi connectivity index (χ3v) is 10.5. The molecule has 1 unspecified atom stereocenters. The second kappa shape index (κ2) is 11.5. The summed E-state index contributed by atoms with van der Waals surface area (Å²) >= 11 is 0. The zero-order chi connectivity index (χ0) is 33.0. The van der Waals surface area contributed by atoms with Crippen LogP contribution in [0.15, 0.2) is 97.1 Å². The maximum absolute atomic E-state index is 13.2. The molecule has 240 valence electrons. The summed E-state index contributed by atoms with van der Waals surface area (Å²) in [4.78, 5) is 0. The highest BCUT2D eigenvalue weighted by Gasteiger charge is 2.53. The van der Waals surface area contributed by atoms with Crippen molar-refractivity contribution in [2.24, 2.45) is 0 Å². The van der Waals surface area contributed by atoms with Gasteiger partial charge >= 0.3 is 0 Å². The van der Waals surface area contributed by atoms with Crippen LogP contribution in [0.2, 0.25) is 0 Å². The summed E-state index contributed by atoms with van der Waals surface area (Å²) < 4.78 is 24.2. The molecule has 1 atom stereocenters. The van der Waals surface area contributed by atoms with Crippen molar-refractivity contribution in [3.63, 3.8) is 0 Å². The number of rotatable bonds is 8. The fourth-order valence-corrected chi connectivity index (χ4v) is 7.76. The number of ether oxygens (including phenoxy) is 4. The van der Waals surface area contributed by atoms with E-state index in [0.717, 1.165) is 85.6 Å². The molecule has 0 amide bonds. The fourth-order valence-electron chi connectivity index (χ4n) is 7.76. The molecule has 0 spiro atoms. The quantitative estimate of drug-likeness (QED) is 0.186. The standard InChI is InChI=1S/C42H42O5/c1-7-8-24-42(43)38-34-23-25-41(27-13-17-29(44-4)18-14-27,28-15-19-30(45-5)20-16-28)47-39(34)35-26-31(46-6)21-22-32(35)37(38)33-11-9-10-12-36(33)40(42,2)3/h9-23,25-26,43H,7-8,24H2,1-6H3. The molecule has 5 aromatic carbocycles. The third-order valence-electron chi connectivity index (χ3n) is 10.5. The van der Waals surface area contributed by atoms with Gasteiger partial charge in [0.15, 0.2) is 5.60 Å². The monoisotopic (exact) mass is 626 g/mol. The minimum absolute atomic E-state index is 0.561. The van der Waals surface area contributed by atoms with Gasteiger partial charge in [0.2, 0.25) is 0 Å². The summed E-state index contributed by atoms with van der Waals surface area (Å²) in [6, 6.07) is 30.8. The van der Waals surface area contributed by atoms with Crippen LogP contribution in [0, 0.1) is 0 Å². The Morgan fingerprint density at radius 1 is 0.723 bits per heavy atom. The van der Waals surface area contributed by atoms with Gasteiger partial charge < -0.3 is 24.1 Å². The molecule has 0 fully saturated rings. The van der Waals surface area contributed by atoms with Crippen LogP contribution in [0.4, 0.5) is 0 Å². The lowest BCUT2D eigenvalue weighted by Gasteiger charge is -2.51. The van der Waals surface area contributed by atoms with Gasteiger partial charge in [0, 0.05) is 33.1 Å². The number of methoxy groups -OCH3 is 3. The minimum atomic E-state index is -1.15. The molecule has 5 aromatic rings. The van der Waals surface area contributed by atoms with Crippen molar-refractivity contribution in [1.29, 1.82) is 0 Å². The molecule has 0 bridgehead atoms. The van der Waals surface area contributed by atoms with Gasteiger partial charge in [-0.3, -0.25) is 0 Å². The molecule has 1 aliphatic heterocycles. The van der Waals surface area contributed by atoms with Crippen LogP contribution in [-0.4, -0.2) is 26.4 Å². The first-order chi connectivity index (χ1) is 22.7. The minimum Gasteiger partial charge on any atom is -0.497 e. The van der Waals surface area contributed by atoms with Crippen LogP contribution in [0.3, 0.4) is 0 Å². The van der Waals surface area contributed by atoms with Crippen molar-refractivity contribution in [1.82, 2.24) is 0 Å². The predicted molar refractivity (Wildman–Crippen MR) is 189 cm³/mol. The van der Waals surface area contributed by atoms with Crippen molar-refractivity contribution in [3.05, 3.63) is 125 Å². The van der Waals surface area contributed by atoms with Crippen molar-refractivity contribution >= 4 is 16.8 Å². The Kier molecular flexibility index (Phi) is 7.56. The normalized spacial score (nSPS) is 18.4. The third kappa shape index (κ3) is 4.55. The number of unbranched alkanes of at least 4 members (excludes halogenated alkanes) is 1. The Hall–Kier alpha value is -4.74. The fraction of sp³-hybridized carbons (Fsp3) is 0.286. The van der Waals surface area contributed by atoms with Crippen molar-refractivity contribution < 1.29 is 24.1 Å². The van der Waals surface area contributed by atoms with Gasteiger partial charge in [-0.1, -0.05) is 88.2 Å². The summed E-state index contributed by atoms with van der Waals surface area (Å²) in [5.41, 5.74) is 4.39. The number of hydrogen-bond donors (Lipinski definition) is 1. The molecule has 5 heteroatoms. The summed E-state index contributed by atoms with van der Waals surface area (Å²) in [6.45, 7) is 6.54. The molecule has 0 saturated heterocycles. The van der Waals surface area contributed by atoms with E-state index < -0.39 is 16.6 Å². The zero-order valence-electron chi connectivity index (χ0n) is 28.0. The van der Waals surface area contributed by atoms with Crippen LogP contribution in [-0.2, 0) is 16.6 Å². The van der Waals surface area contributed by atoms with E-state index in [1.54, 1.807) is 21.3 Å². The SMILES string of the molecule is CCCCC1(O)c2c3c(c4cc(OC)ccc4c2-c2ccccc2C1(C)C)OC(c1ccc(OC)cc1)(c1ccc(OC)cc1)C=C3. The molecule has 7 rings (SSSR count). The average molecular weight is 627 g/mol. The first-order valence-electron chi connectivity index (χ1n) is 16.4. The summed E-state index contributed by atoms with van der Waals surface area (Å²) in [6.07, 6.45) is 6.81. The lowest BCUT2D eigenvalue weighted by molar-refractivity contribution is -0.0432. The van der Waals surface area contributed by atoms with Crippen LogP contribution in [0.25, 0.3) is 28.0 Å². The van der Waals surface area contributed by atoms with Crippen LogP contribution in [0.5, 0.6) is 23.0 Å². The summed E-state index contributed by atoms with van der Waals surface area (Å²) in [7, 11) is 5.03. The highest BCUT2D eigenvalue weighted by Crippen LogP contribution is 2.61. The molecule has 2 aliphatic rings. The molecule has 1 aliphatic carbocycles. The lowest BCUT2D eigenvalue weighted by atomic mass is 9.57. The van der Waals surface area contributed by atoms with E-state index in [4.69, 9.17) is 18.9 Å². The topological polar surface area (TPSA) is 57.2 Å². The van der Waals surface area contributed by atoms with E-state index in [-0.39, 0.29) is 0 Å². The van der Waals surface area contributed by atoms with Gasteiger partial charge in [0.1, 0.15) is 28.6 Å². The van der Waals surface area contributed by atoms with E-state index in [2.05, 4.69) is 93.6 Å². The predicted octanol–water partition coefficient (Wildman–Crippen LogP) is 9.55. The van der Waals surface area contributed by atoms with E-state index in [1.807, 2.05) is 30.3 Å². The Labute approximate surface area is 277 Å². The van der Waals surface area contributed by atoms with Crippen LogP contribution >= 0.6 is 0 Å². The molecule has 1 N–H and O–H groups in total. The second-order valence-electron chi connectivity index (χ2n) is 13.2. The van der Waals surface area contributed by atoms with Gasteiger partial charge in [0.25, 0.3) is 0 Å². The Balaban J connectivity index is 1.59. The number of fused-ring (bicyclic) bond motifs is 8. The molecule has 47 heavy (non-hydrogen) atoms. The van der Waals surface area contributed by atoms with E-state index in [9.17, 15) is 5.11 Å². The first-order valence-corrected chi connectivity index (χ1v) is 16.4. The summed E-state index contributed by atoms with van der Waals surface area (Å²) in [5.74, 6) is 3.00. The molecule has 5 nitrogen and oxygen atoms in total. The van der Waals surface area contributed by atoms with E-state index >= 15 is 0 Å². The molecule has 1 heterocycles. The molecular weight excluding hydrogens is 584 g/mol. The Morgan fingerprint density at radius 2 is 1.32 bits per heavy atom. The van der Waals surface area contributed by atoms with Crippen molar-refractivity contribution in [3.8, 4) is 34.1 Å². The maximum Gasteiger partial charge on any atom is 0.178 e. The zero-order valence-corrected chi connectivity index (χ0v) is 28.0. The smallest absolute Gasteiger partial charge is 0.178 e. The maximum atomic E-state index is 13.2. The van der Waals surface area contributed by atoms with Gasteiger partial charge in [-0.05, 0) is 77.0 Å². The van der Waals surface area contributed by atoms with Crippen molar-refractivity contribution in [2.75, 3.05) is 21.3 Å². The number of benzene rings is 5. The number of aliphatic hydroxyl groups is 1. The first kappa shape index (κ1) is 30.9. The lowest BCUT2D eigenvalue weighted by Crippen LogP contribution is -2.49. The Morgan fingerprint density at radius 3 is 1.91 bits per heavy atom. The largest absolute Gasteiger partial charge is 0.497 e. The molecular formula is C42H42O5. The van der Waals surface area contributed by atoms with E-state index in [1.165, 1.54) is 0 Å². The highest BCUT2D eigenvalue weighted by atomic mass is 16.5. The van der Waals surface area contributed by atoms with Crippen LogP contribution in [0.1, 0.15) is 67.9 Å².